The molecule has 1 amide bonds. The zero-order chi connectivity index (χ0) is 8.97. The Kier molecular flexibility index (Phi) is 2.38. The summed E-state index contributed by atoms with van der Waals surface area (Å²) in [7, 11) is 1.52. The topological polar surface area (TPSA) is 57.0 Å². The number of aromatic nitrogens is 1. The lowest BCUT2D eigenvalue weighted by Gasteiger charge is -2.06. The van der Waals surface area contributed by atoms with Gasteiger partial charge in [0.15, 0.2) is 0 Å². The third-order valence-corrected chi connectivity index (χ3v) is 1.33. The lowest BCUT2D eigenvalue weighted by molar-refractivity contribution is 0.554. The maximum atomic E-state index is 10.2. The number of nitriles is 1. The van der Waals surface area contributed by atoms with Crippen molar-refractivity contribution < 1.29 is 4.79 Å². The standard InChI is InChI=1S/C8H6N3O/c1-11(6-12)8-4-2-3-7(5-9)10-8/h2-4H,1H3. The molecule has 59 valence electrons. The van der Waals surface area contributed by atoms with Gasteiger partial charge in [0.1, 0.15) is 17.6 Å². The first-order valence-electron chi connectivity index (χ1n) is 3.26. The monoisotopic (exact) mass is 160 g/mol. The van der Waals surface area contributed by atoms with E-state index in [1.54, 1.807) is 24.6 Å². The molecule has 12 heavy (non-hydrogen) atoms. The van der Waals surface area contributed by atoms with E-state index in [-0.39, 0.29) is 5.69 Å². The van der Waals surface area contributed by atoms with Gasteiger partial charge in [-0.05, 0) is 12.1 Å². The maximum absolute atomic E-state index is 10.2. The molecule has 1 aromatic rings. The number of rotatable bonds is 2. The van der Waals surface area contributed by atoms with Crippen molar-refractivity contribution in [2.75, 3.05) is 11.9 Å². The summed E-state index contributed by atoms with van der Waals surface area (Å²) in [6, 6.07) is 6.74. The Hall–Kier alpha value is -1.89. The maximum Gasteiger partial charge on any atom is 0.317 e. The molecule has 0 spiro atoms. The second-order valence-corrected chi connectivity index (χ2v) is 2.14. The summed E-state index contributed by atoms with van der Waals surface area (Å²) in [6.45, 7) is 0. The fourth-order valence-corrected chi connectivity index (χ4v) is 0.719. The van der Waals surface area contributed by atoms with E-state index in [0.717, 1.165) is 0 Å². The van der Waals surface area contributed by atoms with Gasteiger partial charge in [-0.3, -0.25) is 9.69 Å². The SMILES string of the molecule is CN([C]=O)c1cccc(C#N)n1. The Balaban J connectivity index is 3.03. The largest absolute Gasteiger partial charge is 0.317 e. The molecule has 0 aliphatic heterocycles. The summed E-state index contributed by atoms with van der Waals surface area (Å²) >= 11 is 0. The average molecular weight is 160 g/mol. The summed E-state index contributed by atoms with van der Waals surface area (Å²) in [4.78, 5) is 15.2. The van der Waals surface area contributed by atoms with Crippen LogP contribution in [0, 0.1) is 11.3 Å². The van der Waals surface area contributed by atoms with Gasteiger partial charge in [0.05, 0.1) is 0 Å². The quantitative estimate of drug-likeness (QED) is 0.590. The van der Waals surface area contributed by atoms with Crippen molar-refractivity contribution in [3.8, 4) is 6.07 Å². The van der Waals surface area contributed by atoms with Gasteiger partial charge in [-0.2, -0.15) is 5.26 Å². The Morgan fingerprint density at radius 3 is 2.92 bits per heavy atom. The second kappa shape index (κ2) is 3.49. The minimum atomic E-state index is 0.287. The summed E-state index contributed by atoms with van der Waals surface area (Å²) in [5.41, 5.74) is 0.287. The Morgan fingerprint density at radius 1 is 1.58 bits per heavy atom. The normalized spacial score (nSPS) is 8.67. The van der Waals surface area contributed by atoms with E-state index in [0.29, 0.717) is 5.82 Å². The summed E-state index contributed by atoms with van der Waals surface area (Å²) in [5, 5.41) is 8.49. The fraction of sp³-hybridized carbons (Fsp3) is 0.125. The van der Waals surface area contributed by atoms with Crippen molar-refractivity contribution in [3.05, 3.63) is 23.9 Å². The fourth-order valence-electron chi connectivity index (χ4n) is 0.719. The predicted molar refractivity (Wildman–Crippen MR) is 43.0 cm³/mol. The summed E-state index contributed by atoms with van der Waals surface area (Å²) in [6.07, 6.45) is 1.64. The van der Waals surface area contributed by atoms with Crippen molar-refractivity contribution in [2.45, 2.75) is 0 Å². The molecule has 0 aromatic carbocycles. The number of hydrogen-bond donors (Lipinski definition) is 0. The third-order valence-electron chi connectivity index (χ3n) is 1.33. The lowest BCUT2D eigenvalue weighted by Crippen LogP contribution is -2.15. The zero-order valence-electron chi connectivity index (χ0n) is 6.48. The molecule has 0 fully saturated rings. The summed E-state index contributed by atoms with van der Waals surface area (Å²) < 4.78 is 0. The van der Waals surface area contributed by atoms with E-state index in [9.17, 15) is 4.79 Å². The number of nitrogens with zero attached hydrogens (tertiary/aromatic N) is 3. The molecule has 0 unspecified atom stereocenters. The Bertz CT molecular complexity index is 329. The van der Waals surface area contributed by atoms with Crippen LogP contribution < -0.4 is 4.90 Å². The number of carbonyl (C=O) groups excluding carboxylic acids is 1. The van der Waals surface area contributed by atoms with E-state index >= 15 is 0 Å². The van der Waals surface area contributed by atoms with Crippen LogP contribution in [0.1, 0.15) is 5.69 Å². The van der Waals surface area contributed by atoms with Gasteiger partial charge in [-0.25, -0.2) is 4.98 Å². The van der Waals surface area contributed by atoms with Crippen LogP contribution in [-0.4, -0.2) is 18.4 Å². The number of amides is 1. The van der Waals surface area contributed by atoms with E-state index in [1.165, 1.54) is 11.9 Å². The molecule has 0 aliphatic carbocycles. The molecule has 1 heterocycles. The van der Waals surface area contributed by atoms with Crippen LogP contribution in [0.3, 0.4) is 0 Å². The highest BCUT2D eigenvalue weighted by Gasteiger charge is 2.01. The van der Waals surface area contributed by atoms with Crippen molar-refractivity contribution in [1.29, 1.82) is 5.26 Å². The van der Waals surface area contributed by atoms with Crippen molar-refractivity contribution in [2.24, 2.45) is 0 Å². The second-order valence-electron chi connectivity index (χ2n) is 2.14. The molecule has 0 bridgehead atoms. The van der Waals surface area contributed by atoms with Gasteiger partial charge >= 0.3 is 6.41 Å². The van der Waals surface area contributed by atoms with Crippen LogP contribution in [0.5, 0.6) is 0 Å². The molecule has 1 aromatic heterocycles. The molecular formula is C8H6N3O. The van der Waals surface area contributed by atoms with E-state index < -0.39 is 0 Å². The van der Waals surface area contributed by atoms with Gasteiger partial charge in [-0.1, -0.05) is 6.07 Å². The first-order valence-corrected chi connectivity index (χ1v) is 3.26. The lowest BCUT2D eigenvalue weighted by atomic mass is 10.3. The van der Waals surface area contributed by atoms with Gasteiger partial charge in [-0.15, -0.1) is 0 Å². The van der Waals surface area contributed by atoms with E-state index in [2.05, 4.69) is 4.98 Å². The molecule has 1 rings (SSSR count). The van der Waals surface area contributed by atoms with E-state index in [1.807, 2.05) is 6.07 Å². The minimum Gasteiger partial charge on any atom is -0.292 e. The molecule has 0 N–H and O–H groups in total. The molecule has 4 heteroatoms. The first-order chi connectivity index (χ1) is 5.77. The van der Waals surface area contributed by atoms with Crippen LogP contribution in [0.15, 0.2) is 18.2 Å². The zero-order valence-corrected chi connectivity index (χ0v) is 6.48. The van der Waals surface area contributed by atoms with Gasteiger partial charge in [0.25, 0.3) is 0 Å². The van der Waals surface area contributed by atoms with Crippen LogP contribution in [0.25, 0.3) is 0 Å². The van der Waals surface area contributed by atoms with Crippen LogP contribution in [-0.2, 0) is 4.79 Å². The van der Waals surface area contributed by atoms with E-state index in [4.69, 9.17) is 5.26 Å². The molecule has 0 aliphatic rings. The predicted octanol–water partition coefficient (Wildman–Crippen LogP) is 0.457. The number of pyridine rings is 1. The number of anilines is 1. The van der Waals surface area contributed by atoms with Gasteiger partial charge in [0.2, 0.25) is 0 Å². The van der Waals surface area contributed by atoms with Crippen LogP contribution in [0.2, 0.25) is 0 Å². The van der Waals surface area contributed by atoms with Crippen molar-refractivity contribution >= 4 is 12.2 Å². The van der Waals surface area contributed by atoms with Gasteiger partial charge < -0.3 is 0 Å². The number of hydrogen-bond acceptors (Lipinski definition) is 3. The smallest absolute Gasteiger partial charge is 0.292 e. The highest BCUT2D eigenvalue weighted by atomic mass is 16.1. The molecule has 0 saturated heterocycles. The Morgan fingerprint density at radius 2 is 2.33 bits per heavy atom. The first kappa shape index (κ1) is 8.21. The van der Waals surface area contributed by atoms with Gasteiger partial charge in [0, 0.05) is 7.05 Å². The molecule has 0 saturated carbocycles. The van der Waals surface area contributed by atoms with Crippen molar-refractivity contribution in [3.63, 3.8) is 0 Å². The molecular weight excluding hydrogens is 154 g/mol. The summed E-state index contributed by atoms with van der Waals surface area (Å²) in [5.74, 6) is 0.420. The highest BCUT2D eigenvalue weighted by molar-refractivity contribution is 5.72. The van der Waals surface area contributed by atoms with Crippen LogP contribution in [0.4, 0.5) is 5.82 Å². The molecule has 4 nitrogen and oxygen atoms in total. The average Bonchev–Trinajstić information content (AvgIpc) is 2.17. The minimum absolute atomic E-state index is 0.287. The van der Waals surface area contributed by atoms with Crippen molar-refractivity contribution in [1.82, 2.24) is 4.98 Å². The molecule has 1 radical (unpaired) electrons. The highest BCUT2D eigenvalue weighted by Crippen LogP contribution is 2.06. The van der Waals surface area contributed by atoms with Crippen LogP contribution >= 0.6 is 0 Å². The third kappa shape index (κ3) is 1.58. The molecule has 0 atom stereocenters. The Labute approximate surface area is 70.1 Å².